The minimum absolute atomic E-state index is 0.0632. The first-order chi connectivity index (χ1) is 13.7. The van der Waals surface area contributed by atoms with Gasteiger partial charge in [0.15, 0.2) is 5.79 Å². The molecule has 4 fully saturated rings. The van der Waals surface area contributed by atoms with Gasteiger partial charge in [0.1, 0.15) is 5.75 Å². The first kappa shape index (κ1) is 16.4. The summed E-state index contributed by atoms with van der Waals surface area (Å²) in [5.41, 5.74) is 5.18. The first-order valence-electron chi connectivity index (χ1n) is 11.1. The van der Waals surface area contributed by atoms with Crippen LogP contribution in [0.5, 0.6) is 5.75 Å². The number of hydrogen-bond acceptors (Lipinski definition) is 4. The summed E-state index contributed by atoms with van der Waals surface area (Å²) in [5.74, 6) is 1.52. The Hall–Kier alpha value is -1.36. The fourth-order valence-corrected chi connectivity index (χ4v) is 7.51. The lowest BCUT2D eigenvalue weighted by molar-refractivity contribution is -0.172. The smallest absolute Gasteiger partial charge is 0.173 e. The van der Waals surface area contributed by atoms with Crippen LogP contribution < -0.4 is 4.74 Å². The molecule has 2 saturated carbocycles. The Bertz CT molecular complexity index is 884. The molecule has 2 heterocycles. The Kier molecular flexibility index (Phi) is 3.06. The van der Waals surface area contributed by atoms with Gasteiger partial charge in [-0.15, -0.1) is 0 Å². The van der Waals surface area contributed by atoms with Crippen molar-refractivity contribution in [3.8, 4) is 5.75 Å². The average Bonchev–Trinajstić information content (AvgIpc) is 3.37. The fraction of sp³-hybridized carbons (Fsp3) is 0.667. The van der Waals surface area contributed by atoms with Gasteiger partial charge in [-0.3, -0.25) is 4.90 Å². The molecule has 0 N–H and O–H groups in total. The van der Waals surface area contributed by atoms with Gasteiger partial charge in [0, 0.05) is 42.8 Å². The predicted molar refractivity (Wildman–Crippen MR) is 105 cm³/mol. The van der Waals surface area contributed by atoms with Crippen LogP contribution in [0.15, 0.2) is 29.8 Å². The molecule has 3 atom stereocenters. The van der Waals surface area contributed by atoms with E-state index in [0.717, 1.165) is 37.7 Å². The van der Waals surface area contributed by atoms with Crippen molar-refractivity contribution in [3.05, 3.63) is 41.0 Å². The number of benzene rings is 1. The monoisotopic (exact) mass is 379 g/mol. The molecule has 0 amide bonds. The van der Waals surface area contributed by atoms with E-state index in [1.54, 1.807) is 12.7 Å². The predicted octanol–water partition coefficient (Wildman–Crippen LogP) is 3.44. The Balaban J connectivity index is 1.38. The quantitative estimate of drug-likeness (QED) is 0.753. The van der Waals surface area contributed by atoms with Crippen LogP contribution in [-0.2, 0) is 21.3 Å². The van der Waals surface area contributed by atoms with E-state index in [0.29, 0.717) is 11.5 Å². The summed E-state index contributed by atoms with van der Waals surface area (Å²) in [5, 5.41) is 0. The topological polar surface area (TPSA) is 30.9 Å². The Morgan fingerprint density at radius 2 is 2.04 bits per heavy atom. The van der Waals surface area contributed by atoms with Crippen molar-refractivity contribution in [1.82, 2.24) is 4.90 Å². The van der Waals surface area contributed by atoms with Gasteiger partial charge in [-0.1, -0.05) is 12.1 Å². The molecule has 2 bridgehead atoms. The van der Waals surface area contributed by atoms with Crippen molar-refractivity contribution in [3.63, 3.8) is 0 Å². The van der Waals surface area contributed by atoms with Gasteiger partial charge in [0.05, 0.1) is 20.3 Å². The molecule has 0 aromatic heterocycles. The summed E-state index contributed by atoms with van der Waals surface area (Å²) in [6.07, 6.45) is 9.74. The summed E-state index contributed by atoms with van der Waals surface area (Å²) < 4.78 is 18.1. The summed E-state index contributed by atoms with van der Waals surface area (Å²) in [7, 11) is 1.78. The van der Waals surface area contributed by atoms with Crippen LogP contribution in [-0.4, -0.2) is 50.1 Å². The standard InChI is InChI=1S/C24H29NO3/c1-26-18-5-4-17-11-22-13-23(20(17)10-18)14-24(27-8-9-28-24)7-6-19(23)21(22)25(15-22)12-16-2-3-16/h4-6,10,16,21H,2-3,7-9,11-15H2,1H3. The molecular weight excluding hydrogens is 350 g/mol. The maximum absolute atomic E-state index is 6.23. The van der Waals surface area contributed by atoms with Crippen LogP contribution in [0.2, 0.25) is 0 Å². The number of nitrogens with zero attached hydrogens (tertiary/aromatic N) is 1. The van der Waals surface area contributed by atoms with Crippen molar-refractivity contribution >= 4 is 0 Å². The second-order valence-corrected chi connectivity index (χ2v) is 10.2. The van der Waals surface area contributed by atoms with E-state index in [-0.39, 0.29) is 5.41 Å². The molecule has 2 saturated heterocycles. The molecule has 3 unspecified atom stereocenters. The van der Waals surface area contributed by atoms with Gasteiger partial charge < -0.3 is 14.2 Å². The third-order valence-corrected chi connectivity index (χ3v) is 8.55. The average molecular weight is 380 g/mol. The number of fused-ring (bicyclic) bond motifs is 2. The van der Waals surface area contributed by atoms with E-state index < -0.39 is 5.79 Å². The molecular formula is C24H29NO3. The second-order valence-electron chi connectivity index (χ2n) is 10.2. The van der Waals surface area contributed by atoms with Gasteiger partial charge in [0.2, 0.25) is 0 Å². The lowest BCUT2D eigenvalue weighted by Crippen LogP contribution is -2.63. The molecule has 28 heavy (non-hydrogen) atoms. The Morgan fingerprint density at radius 3 is 2.82 bits per heavy atom. The molecule has 0 radical (unpaired) electrons. The highest BCUT2D eigenvalue weighted by Gasteiger charge is 2.71. The first-order valence-corrected chi connectivity index (χ1v) is 11.1. The van der Waals surface area contributed by atoms with Crippen LogP contribution in [0.25, 0.3) is 0 Å². The van der Waals surface area contributed by atoms with E-state index in [2.05, 4.69) is 29.2 Å². The third kappa shape index (κ3) is 1.97. The number of hydrogen-bond donors (Lipinski definition) is 0. The SMILES string of the molecule is COc1ccc2c(c1)C13CC4(CC=C1C1N(CC5CC5)CC1(C2)C3)OCCO4. The van der Waals surface area contributed by atoms with Crippen LogP contribution >= 0.6 is 0 Å². The summed E-state index contributed by atoms with van der Waals surface area (Å²) in [6, 6.07) is 7.43. The lowest BCUT2D eigenvalue weighted by atomic mass is 9.60. The van der Waals surface area contributed by atoms with Gasteiger partial charge in [-0.2, -0.15) is 0 Å². The number of methoxy groups -OCH3 is 1. The fourth-order valence-electron chi connectivity index (χ4n) is 7.51. The van der Waals surface area contributed by atoms with E-state index >= 15 is 0 Å². The zero-order chi connectivity index (χ0) is 18.6. The van der Waals surface area contributed by atoms with E-state index in [1.807, 2.05) is 0 Å². The zero-order valence-electron chi connectivity index (χ0n) is 16.7. The van der Waals surface area contributed by atoms with Crippen LogP contribution in [0.4, 0.5) is 0 Å². The molecule has 148 valence electrons. The molecule has 4 nitrogen and oxygen atoms in total. The van der Waals surface area contributed by atoms with Crippen molar-refractivity contribution in [2.24, 2.45) is 11.3 Å². The number of ether oxygens (including phenoxy) is 3. The minimum atomic E-state index is -0.409. The maximum Gasteiger partial charge on any atom is 0.173 e. The van der Waals surface area contributed by atoms with Crippen molar-refractivity contribution in [2.45, 2.75) is 55.8 Å². The van der Waals surface area contributed by atoms with Crippen LogP contribution in [0.3, 0.4) is 0 Å². The summed E-state index contributed by atoms with van der Waals surface area (Å²) in [4.78, 5) is 2.81. The third-order valence-electron chi connectivity index (χ3n) is 8.55. The highest BCUT2D eigenvalue weighted by molar-refractivity contribution is 5.58. The second kappa shape index (κ2) is 5.21. The molecule has 4 heteroatoms. The molecule has 6 aliphatic rings. The normalized spacial score (nSPS) is 39.8. The Labute approximate surface area is 166 Å². The maximum atomic E-state index is 6.23. The number of rotatable bonds is 3. The van der Waals surface area contributed by atoms with Crippen LogP contribution in [0, 0.1) is 11.3 Å². The van der Waals surface area contributed by atoms with E-state index in [4.69, 9.17) is 14.2 Å². The Morgan fingerprint density at radius 1 is 1.18 bits per heavy atom. The minimum Gasteiger partial charge on any atom is -0.497 e. The summed E-state index contributed by atoms with van der Waals surface area (Å²) in [6.45, 7) is 4.03. The van der Waals surface area contributed by atoms with Crippen molar-refractivity contribution in [2.75, 3.05) is 33.4 Å². The highest BCUT2D eigenvalue weighted by Crippen LogP contribution is 2.70. The van der Waals surface area contributed by atoms with Gasteiger partial charge in [0.25, 0.3) is 0 Å². The molecule has 3 spiro atoms. The van der Waals surface area contributed by atoms with Crippen molar-refractivity contribution in [1.29, 1.82) is 0 Å². The molecule has 4 aliphatic carbocycles. The van der Waals surface area contributed by atoms with E-state index in [9.17, 15) is 0 Å². The molecule has 1 aromatic carbocycles. The molecule has 1 aromatic rings. The van der Waals surface area contributed by atoms with Gasteiger partial charge in [-0.05, 0) is 60.4 Å². The summed E-state index contributed by atoms with van der Waals surface area (Å²) >= 11 is 0. The van der Waals surface area contributed by atoms with Gasteiger partial charge in [-0.25, -0.2) is 0 Å². The molecule has 2 aliphatic heterocycles. The number of likely N-dealkylation sites (tertiary alicyclic amines) is 1. The van der Waals surface area contributed by atoms with Crippen LogP contribution in [0.1, 0.15) is 43.2 Å². The van der Waals surface area contributed by atoms with E-state index in [1.165, 1.54) is 49.9 Å². The lowest BCUT2D eigenvalue weighted by Gasteiger charge is -2.55. The highest BCUT2D eigenvalue weighted by atomic mass is 16.7. The molecule has 7 rings (SSSR count). The largest absolute Gasteiger partial charge is 0.497 e. The zero-order valence-corrected chi connectivity index (χ0v) is 16.7. The van der Waals surface area contributed by atoms with Crippen molar-refractivity contribution < 1.29 is 14.2 Å². The van der Waals surface area contributed by atoms with Gasteiger partial charge >= 0.3 is 0 Å².